The summed E-state index contributed by atoms with van der Waals surface area (Å²) in [6.45, 7) is 2.08. The first-order valence-corrected chi connectivity index (χ1v) is 10.5. The molecular formula is C22H17Cl2N3S. The van der Waals surface area contributed by atoms with Crippen LogP contribution < -0.4 is 0 Å². The van der Waals surface area contributed by atoms with Gasteiger partial charge < -0.3 is 0 Å². The molecule has 0 saturated carbocycles. The van der Waals surface area contributed by atoms with Gasteiger partial charge in [0, 0.05) is 27.0 Å². The summed E-state index contributed by atoms with van der Waals surface area (Å²) in [7, 11) is 0. The summed E-state index contributed by atoms with van der Waals surface area (Å²) >= 11 is 13.7. The number of aryl methyl sites for hydroxylation is 1. The van der Waals surface area contributed by atoms with E-state index in [0.29, 0.717) is 5.02 Å². The summed E-state index contributed by atoms with van der Waals surface area (Å²) in [5.41, 5.74) is 4.39. The quantitative estimate of drug-likeness (QED) is 0.327. The zero-order valence-electron chi connectivity index (χ0n) is 15.1. The van der Waals surface area contributed by atoms with E-state index in [1.54, 1.807) is 11.8 Å². The maximum absolute atomic E-state index is 6.05. The number of aromatic nitrogens is 3. The Balaban J connectivity index is 1.72. The second-order valence-corrected chi connectivity index (χ2v) is 8.21. The molecule has 0 amide bonds. The van der Waals surface area contributed by atoms with Crippen molar-refractivity contribution in [3.05, 3.63) is 94.0 Å². The highest BCUT2D eigenvalue weighted by Crippen LogP contribution is 2.30. The van der Waals surface area contributed by atoms with Crippen molar-refractivity contribution in [1.82, 2.24) is 14.8 Å². The van der Waals surface area contributed by atoms with Gasteiger partial charge in [-0.15, -0.1) is 10.2 Å². The minimum Gasteiger partial charge on any atom is -0.270 e. The number of thioether (sulfide) groups is 1. The van der Waals surface area contributed by atoms with Gasteiger partial charge >= 0.3 is 0 Å². The second kappa shape index (κ2) is 8.39. The molecule has 0 atom stereocenters. The molecule has 0 aliphatic heterocycles. The van der Waals surface area contributed by atoms with Crippen LogP contribution in [0, 0.1) is 6.92 Å². The summed E-state index contributed by atoms with van der Waals surface area (Å²) < 4.78 is 2.09. The number of rotatable bonds is 5. The van der Waals surface area contributed by atoms with Gasteiger partial charge in [0.1, 0.15) is 0 Å². The molecule has 3 nitrogen and oxygen atoms in total. The molecule has 6 heteroatoms. The number of hydrogen-bond donors (Lipinski definition) is 0. The van der Waals surface area contributed by atoms with Crippen LogP contribution in [-0.4, -0.2) is 14.8 Å². The zero-order valence-corrected chi connectivity index (χ0v) is 17.5. The predicted molar refractivity (Wildman–Crippen MR) is 118 cm³/mol. The Morgan fingerprint density at radius 1 is 0.786 bits per heavy atom. The van der Waals surface area contributed by atoms with Gasteiger partial charge in [-0.05, 0) is 61.0 Å². The monoisotopic (exact) mass is 425 g/mol. The van der Waals surface area contributed by atoms with Crippen molar-refractivity contribution in [2.75, 3.05) is 0 Å². The summed E-state index contributed by atoms with van der Waals surface area (Å²) in [5.74, 6) is 1.57. The molecular weight excluding hydrogens is 409 g/mol. The molecule has 0 aliphatic rings. The van der Waals surface area contributed by atoms with E-state index >= 15 is 0 Å². The summed E-state index contributed by atoms with van der Waals surface area (Å²) in [5, 5.41) is 11.2. The lowest BCUT2D eigenvalue weighted by Gasteiger charge is -2.11. The van der Waals surface area contributed by atoms with Gasteiger partial charge in [-0.1, -0.05) is 64.8 Å². The van der Waals surface area contributed by atoms with Gasteiger partial charge in [-0.3, -0.25) is 4.57 Å². The van der Waals surface area contributed by atoms with Crippen molar-refractivity contribution in [2.45, 2.75) is 17.8 Å². The molecule has 0 bridgehead atoms. The Labute approximate surface area is 178 Å². The van der Waals surface area contributed by atoms with Crippen molar-refractivity contribution in [3.63, 3.8) is 0 Å². The van der Waals surface area contributed by atoms with E-state index < -0.39 is 0 Å². The van der Waals surface area contributed by atoms with Crippen LogP contribution in [0.25, 0.3) is 17.1 Å². The smallest absolute Gasteiger partial charge is 0.196 e. The Bertz CT molecular complexity index is 1070. The molecule has 4 rings (SSSR count). The first kappa shape index (κ1) is 19.1. The van der Waals surface area contributed by atoms with Crippen LogP contribution >= 0.6 is 35.0 Å². The largest absolute Gasteiger partial charge is 0.270 e. The highest BCUT2D eigenvalue weighted by atomic mass is 35.5. The molecule has 0 radical (unpaired) electrons. The fourth-order valence-electron chi connectivity index (χ4n) is 2.80. The third-order valence-corrected chi connectivity index (χ3v) is 5.81. The third kappa shape index (κ3) is 4.25. The standard InChI is InChI=1S/C22H17Cl2N3S/c1-15-2-12-20(13-3-15)27-21(17-6-10-19(24)11-7-17)25-26-22(27)28-14-16-4-8-18(23)9-5-16/h2-13H,14H2,1H3. The third-order valence-electron chi connectivity index (χ3n) is 4.31. The average molecular weight is 426 g/mol. The molecule has 28 heavy (non-hydrogen) atoms. The van der Waals surface area contributed by atoms with E-state index in [1.165, 1.54) is 11.1 Å². The van der Waals surface area contributed by atoms with Crippen LogP contribution in [0.5, 0.6) is 0 Å². The van der Waals surface area contributed by atoms with Gasteiger partial charge in [0.15, 0.2) is 11.0 Å². The Hall–Kier alpha value is -2.27. The van der Waals surface area contributed by atoms with Crippen LogP contribution in [0.15, 0.2) is 78.0 Å². The van der Waals surface area contributed by atoms with Crippen molar-refractivity contribution >= 4 is 35.0 Å². The Morgan fingerprint density at radius 3 is 2.04 bits per heavy atom. The molecule has 0 N–H and O–H groups in total. The van der Waals surface area contributed by atoms with E-state index in [0.717, 1.165) is 33.0 Å². The minimum atomic E-state index is 0.697. The van der Waals surface area contributed by atoms with Crippen LogP contribution in [0.2, 0.25) is 10.0 Å². The molecule has 4 aromatic rings. The fourth-order valence-corrected chi connectivity index (χ4v) is 3.96. The van der Waals surface area contributed by atoms with Crippen LogP contribution in [-0.2, 0) is 5.75 Å². The SMILES string of the molecule is Cc1ccc(-n2c(SCc3ccc(Cl)cc3)nnc2-c2ccc(Cl)cc2)cc1. The first-order chi connectivity index (χ1) is 13.6. The minimum absolute atomic E-state index is 0.697. The van der Waals surface area contributed by atoms with E-state index in [9.17, 15) is 0 Å². The van der Waals surface area contributed by atoms with Gasteiger partial charge in [0.05, 0.1) is 0 Å². The maximum Gasteiger partial charge on any atom is 0.196 e. The molecule has 3 aromatic carbocycles. The molecule has 1 aromatic heterocycles. The van der Waals surface area contributed by atoms with Crippen LogP contribution in [0.3, 0.4) is 0 Å². The Morgan fingerprint density at radius 2 is 1.39 bits per heavy atom. The van der Waals surface area contributed by atoms with Crippen LogP contribution in [0.1, 0.15) is 11.1 Å². The summed E-state index contributed by atoms with van der Waals surface area (Å²) in [6.07, 6.45) is 0. The van der Waals surface area contributed by atoms with Gasteiger partial charge in [-0.25, -0.2) is 0 Å². The van der Waals surface area contributed by atoms with Gasteiger partial charge in [0.2, 0.25) is 0 Å². The lowest BCUT2D eigenvalue weighted by Crippen LogP contribution is -2.00. The number of benzene rings is 3. The van der Waals surface area contributed by atoms with E-state index in [4.69, 9.17) is 23.2 Å². The number of hydrogen-bond acceptors (Lipinski definition) is 3. The van der Waals surface area contributed by atoms with E-state index in [-0.39, 0.29) is 0 Å². The topological polar surface area (TPSA) is 30.7 Å². The molecule has 0 unspecified atom stereocenters. The summed E-state index contributed by atoms with van der Waals surface area (Å²) in [4.78, 5) is 0. The molecule has 0 fully saturated rings. The average Bonchev–Trinajstić information content (AvgIpc) is 3.13. The normalized spacial score (nSPS) is 11.0. The second-order valence-electron chi connectivity index (χ2n) is 6.40. The number of halogens is 2. The maximum atomic E-state index is 6.05. The highest BCUT2D eigenvalue weighted by Gasteiger charge is 2.16. The van der Waals surface area contributed by atoms with Crippen molar-refractivity contribution in [3.8, 4) is 17.1 Å². The lowest BCUT2D eigenvalue weighted by molar-refractivity contribution is 0.885. The predicted octanol–water partition coefficient (Wildman–Crippen LogP) is 6.84. The zero-order chi connectivity index (χ0) is 19.5. The van der Waals surface area contributed by atoms with Crippen molar-refractivity contribution < 1.29 is 0 Å². The van der Waals surface area contributed by atoms with E-state index in [2.05, 4.69) is 46.0 Å². The fraction of sp³-hybridized carbons (Fsp3) is 0.0909. The molecule has 140 valence electrons. The first-order valence-electron chi connectivity index (χ1n) is 8.76. The summed E-state index contributed by atoms with van der Waals surface area (Å²) in [6, 6.07) is 23.9. The van der Waals surface area contributed by atoms with E-state index in [1.807, 2.05) is 48.5 Å². The lowest BCUT2D eigenvalue weighted by atomic mass is 10.2. The highest BCUT2D eigenvalue weighted by molar-refractivity contribution is 7.98. The molecule has 0 spiro atoms. The van der Waals surface area contributed by atoms with Gasteiger partial charge in [-0.2, -0.15) is 0 Å². The van der Waals surface area contributed by atoms with Gasteiger partial charge in [0.25, 0.3) is 0 Å². The van der Waals surface area contributed by atoms with Crippen LogP contribution in [0.4, 0.5) is 0 Å². The van der Waals surface area contributed by atoms with Crippen molar-refractivity contribution in [1.29, 1.82) is 0 Å². The Kier molecular flexibility index (Phi) is 5.72. The molecule has 1 heterocycles. The van der Waals surface area contributed by atoms with Crippen molar-refractivity contribution in [2.24, 2.45) is 0 Å². The molecule has 0 saturated heterocycles. The molecule has 0 aliphatic carbocycles. The number of nitrogens with zero attached hydrogens (tertiary/aromatic N) is 3.